The Labute approximate surface area is 716 Å². The predicted molar refractivity (Wildman–Crippen MR) is 531 cm³/mol. The summed E-state index contributed by atoms with van der Waals surface area (Å²) < 4.78 is 53.4. The van der Waals surface area contributed by atoms with Crippen molar-refractivity contribution < 1.29 is 13.2 Å². The largest absolute Gasteiger partial charge is 0.416 e. The molecule has 4 heterocycles. The topological polar surface area (TPSA) is 0 Å². The first-order chi connectivity index (χ1) is 58.8. The van der Waals surface area contributed by atoms with Crippen molar-refractivity contribution in [1.82, 2.24) is 0 Å². The molecule has 9 heteroatoms. The molecule has 0 saturated carbocycles. The molecule has 4 aromatic heterocycles. The minimum absolute atomic E-state index is 0.619. The van der Waals surface area contributed by atoms with Crippen LogP contribution in [0.25, 0.3) is 234 Å². The summed E-state index contributed by atoms with van der Waals surface area (Å²) in [4.78, 5) is 0. The van der Waals surface area contributed by atoms with Gasteiger partial charge in [-0.15, -0.1) is 45.3 Å². The van der Waals surface area contributed by atoms with E-state index < -0.39 is 27.9 Å². The SMILES string of the molecule is C[Si](C)(C)c1cccc2c1sc1c2cc2c(-c3ccc(-c4ccccc4)cc3)cc3c4sc5c([Si](C)(C)C)cccc5c4cc4c(-c5ccc(-c6ccccc6)cc5)cc1c2c43.Cc1ccc2sc3c(cc4c(-c5ccccc5)c(-c5ccccc5)c5c6sc7ccc(C(F)(F)F)cc7c6cc6c(-c7ccccc7)c(-c7ccccc7)c3c4c65)c2c1. The van der Waals surface area contributed by atoms with Gasteiger partial charge in [0.25, 0.3) is 0 Å². The molecule has 121 heavy (non-hydrogen) atoms. The van der Waals surface area contributed by atoms with Crippen LogP contribution in [0.4, 0.5) is 13.2 Å². The van der Waals surface area contributed by atoms with Gasteiger partial charge in [-0.1, -0.05) is 318 Å². The van der Waals surface area contributed by atoms with Crippen molar-refractivity contribution in [2.75, 3.05) is 0 Å². The first-order valence-electron chi connectivity index (χ1n) is 41.5. The van der Waals surface area contributed by atoms with Crippen molar-refractivity contribution in [2.24, 2.45) is 0 Å². The third-order valence-electron chi connectivity index (χ3n) is 25.3. The van der Waals surface area contributed by atoms with Crippen molar-refractivity contribution in [3.63, 3.8) is 0 Å². The molecule has 0 radical (unpaired) electrons. The van der Waals surface area contributed by atoms with Crippen molar-refractivity contribution in [2.45, 2.75) is 52.4 Å². The smallest absolute Gasteiger partial charge is 0.166 e. The normalized spacial score (nSPS) is 12.5. The summed E-state index contributed by atoms with van der Waals surface area (Å²) in [6, 6.07) is 123. The van der Waals surface area contributed by atoms with Crippen LogP contribution in [0.2, 0.25) is 39.3 Å². The van der Waals surface area contributed by atoms with Crippen molar-refractivity contribution in [3.05, 3.63) is 351 Å². The molecule has 0 nitrogen and oxygen atoms in total. The van der Waals surface area contributed by atoms with E-state index in [1.807, 2.05) is 46.1 Å². The number of thiophene rings is 4. The maximum Gasteiger partial charge on any atom is 0.416 e. The predicted octanol–water partition coefficient (Wildman–Crippen LogP) is 34.4. The second kappa shape index (κ2) is 27.8. The summed E-state index contributed by atoms with van der Waals surface area (Å²) in [6.45, 7) is 17.1. The van der Waals surface area contributed by atoms with Gasteiger partial charge in [-0.3, -0.25) is 0 Å². The second-order valence-corrected chi connectivity index (χ2v) is 49.0. The van der Waals surface area contributed by atoms with E-state index in [1.54, 1.807) is 27.8 Å². The Balaban J connectivity index is 0.000000141. The highest BCUT2D eigenvalue weighted by Gasteiger charge is 2.35. The van der Waals surface area contributed by atoms with Gasteiger partial charge >= 0.3 is 6.18 Å². The second-order valence-electron chi connectivity index (χ2n) is 34.7. The Bertz CT molecular complexity index is 8080. The van der Waals surface area contributed by atoms with Gasteiger partial charge in [0.1, 0.15) is 0 Å². The Morgan fingerprint density at radius 1 is 0.215 bits per heavy atom. The molecule has 0 spiro atoms. The Morgan fingerprint density at radius 3 is 0.926 bits per heavy atom. The van der Waals surface area contributed by atoms with Crippen LogP contribution >= 0.6 is 45.3 Å². The van der Waals surface area contributed by atoms with Crippen LogP contribution in [0, 0.1) is 6.92 Å². The highest BCUT2D eigenvalue weighted by atomic mass is 32.1. The lowest BCUT2D eigenvalue weighted by atomic mass is 9.77. The van der Waals surface area contributed by atoms with Crippen LogP contribution in [0.1, 0.15) is 11.1 Å². The Hall–Kier alpha value is -12.4. The minimum Gasteiger partial charge on any atom is -0.166 e. The van der Waals surface area contributed by atoms with E-state index in [0.29, 0.717) is 5.39 Å². The monoisotopic (exact) mass is 1660 g/mol. The average Bonchev–Trinajstić information content (AvgIpc) is 1.64. The zero-order chi connectivity index (χ0) is 81.6. The van der Waals surface area contributed by atoms with Gasteiger partial charge in [0.05, 0.1) is 21.7 Å². The fourth-order valence-electron chi connectivity index (χ4n) is 19.8. The van der Waals surface area contributed by atoms with E-state index >= 15 is 0 Å². The summed E-state index contributed by atoms with van der Waals surface area (Å²) in [7, 11) is -3.28. The maximum absolute atomic E-state index is 14.5. The summed E-state index contributed by atoms with van der Waals surface area (Å²) in [5.41, 5.74) is 19.4. The standard InChI is InChI=1S/C58H46S2Si2.C54H31F3S2/c1-61(2,3)51-21-13-19-41-47-33-45-44(40-29-25-38(26-30-40)36-17-11-8-12-18-36)32-50-54-46(34-48-42-20-14-22-52(62(4,5)6)58(42)60-56(48)50)43(31-49(53(45)54)55(47)59-57(41)51)39-27-23-37(24-28-39)35-15-9-7-10-16-35;1-30-22-24-42-36(26-30)38-28-40-44(31-14-6-2-7-15-31)47(34-20-12-5-13-21-34)51-49-41(29-39-37-27-35(54(55,56)57)23-25-43(37)59-53(39)51)45(32-16-8-3-9-17-32)46(33-18-10-4-11-19-33)50(48(40)49)52(38)58-42/h7-34H,1-6H3;2-29H,1H3. The zero-order valence-electron chi connectivity index (χ0n) is 67.6. The fraction of sp³-hybridized carbons (Fsp3) is 0.0714. The van der Waals surface area contributed by atoms with Gasteiger partial charge in [0.2, 0.25) is 0 Å². The molecule has 0 amide bonds. The number of halogens is 3. The van der Waals surface area contributed by atoms with Gasteiger partial charge < -0.3 is 0 Å². The molecule has 24 aromatic rings. The van der Waals surface area contributed by atoms with Gasteiger partial charge in [-0.25, -0.2) is 0 Å². The average molecular weight is 1660 g/mol. The molecule has 0 atom stereocenters. The van der Waals surface area contributed by atoms with Gasteiger partial charge in [-0.05, 0) is 205 Å². The maximum atomic E-state index is 14.5. The lowest BCUT2D eigenvalue weighted by Gasteiger charge is -2.26. The number of fused-ring (bicyclic) bond motifs is 16. The first kappa shape index (κ1) is 73.7. The third kappa shape index (κ3) is 11.7. The Kier molecular flexibility index (Phi) is 16.9. The molecule has 0 aliphatic carbocycles. The van der Waals surface area contributed by atoms with E-state index in [4.69, 9.17) is 0 Å². The van der Waals surface area contributed by atoms with Crippen LogP contribution < -0.4 is 10.4 Å². The molecule has 0 saturated heterocycles. The molecule has 24 rings (SSSR count). The number of hydrogen-bond acceptors (Lipinski definition) is 4. The summed E-state index contributed by atoms with van der Waals surface area (Å²) >= 11 is 7.49. The van der Waals surface area contributed by atoms with E-state index in [9.17, 15) is 13.2 Å². The Morgan fingerprint density at radius 2 is 0.545 bits per heavy atom. The van der Waals surface area contributed by atoms with Crippen molar-refractivity contribution >= 4 is 217 Å². The zero-order valence-corrected chi connectivity index (χ0v) is 72.9. The summed E-state index contributed by atoms with van der Waals surface area (Å²) in [6.07, 6.45) is -4.47. The first-order valence-corrected chi connectivity index (χ1v) is 51.8. The van der Waals surface area contributed by atoms with E-state index in [1.165, 1.54) is 166 Å². The fourth-order valence-corrected chi connectivity index (χ4v) is 29.7. The quantitative estimate of drug-likeness (QED) is 0.0946. The minimum atomic E-state index is -4.47. The molecule has 0 aliphatic rings. The lowest BCUT2D eigenvalue weighted by molar-refractivity contribution is -0.137. The van der Waals surface area contributed by atoms with Crippen LogP contribution in [0.5, 0.6) is 0 Å². The molecule has 0 aliphatic heterocycles. The number of alkyl halides is 3. The summed E-state index contributed by atoms with van der Waals surface area (Å²) in [5, 5.41) is 27.5. The highest BCUT2D eigenvalue weighted by Crippen LogP contribution is 2.61. The lowest BCUT2D eigenvalue weighted by Crippen LogP contribution is -2.37. The van der Waals surface area contributed by atoms with E-state index in [0.717, 1.165) is 80.8 Å². The number of aryl methyl sites for hydroxylation is 1. The van der Waals surface area contributed by atoms with Crippen LogP contribution in [0.3, 0.4) is 0 Å². The number of hydrogen-bond donors (Lipinski definition) is 0. The van der Waals surface area contributed by atoms with Crippen LogP contribution in [0.15, 0.2) is 340 Å². The van der Waals surface area contributed by atoms with Crippen LogP contribution in [-0.4, -0.2) is 16.1 Å². The molecule has 0 fully saturated rings. The number of rotatable bonds is 10. The molecule has 0 bridgehead atoms. The third-order valence-corrected chi connectivity index (χ3v) is 34.7. The molecular formula is C112H77F3S4Si2. The molecule has 0 unspecified atom stereocenters. The van der Waals surface area contributed by atoms with E-state index in [-0.39, 0.29) is 0 Å². The van der Waals surface area contributed by atoms with Gasteiger partial charge in [0.15, 0.2) is 0 Å². The van der Waals surface area contributed by atoms with Crippen molar-refractivity contribution in [3.8, 4) is 89.0 Å². The molecule has 0 N–H and O–H groups in total. The molecule has 578 valence electrons. The summed E-state index contributed by atoms with van der Waals surface area (Å²) in [5.74, 6) is 0. The van der Waals surface area contributed by atoms with Crippen molar-refractivity contribution in [1.29, 1.82) is 0 Å². The molecule has 20 aromatic carbocycles. The van der Waals surface area contributed by atoms with Gasteiger partial charge in [-0.2, -0.15) is 13.2 Å². The molecular weight excluding hydrogens is 1590 g/mol. The highest BCUT2D eigenvalue weighted by molar-refractivity contribution is 7.29. The van der Waals surface area contributed by atoms with Crippen LogP contribution in [-0.2, 0) is 6.18 Å². The van der Waals surface area contributed by atoms with E-state index in [2.05, 4.69) is 356 Å². The number of benzene rings is 20. The van der Waals surface area contributed by atoms with Gasteiger partial charge in [0, 0.05) is 113 Å².